The summed E-state index contributed by atoms with van der Waals surface area (Å²) < 4.78 is 10.6. The van der Waals surface area contributed by atoms with Gasteiger partial charge in [-0.1, -0.05) is 24.3 Å². The van der Waals surface area contributed by atoms with Gasteiger partial charge in [0.25, 0.3) is 0 Å². The van der Waals surface area contributed by atoms with Crippen LogP contribution in [0.1, 0.15) is 18.5 Å². The van der Waals surface area contributed by atoms with E-state index >= 15 is 0 Å². The number of carbonyl (C=O) groups is 2. The summed E-state index contributed by atoms with van der Waals surface area (Å²) in [5, 5.41) is 2.76. The van der Waals surface area contributed by atoms with Gasteiger partial charge in [-0.15, -0.1) is 0 Å². The molecule has 7 heteroatoms. The van der Waals surface area contributed by atoms with E-state index in [0.717, 1.165) is 5.56 Å². The quantitative estimate of drug-likeness (QED) is 0.468. The highest BCUT2D eigenvalue weighted by atomic mass is 16.5. The molecular formula is C24H25N3O4. The van der Waals surface area contributed by atoms with Crippen LogP contribution in [0.3, 0.4) is 0 Å². The predicted molar refractivity (Wildman–Crippen MR) is 121 cm³/mol. The third-order valence-electron chi connectivity index (χ3n) is 4.82. The van der Waals surface area contributed by atoms with Gasteiger partial charge in [0.2, 0.25) is 0 Å². The summed E-state index contributed by atoms with van der Waals surface area (Å²) in [4.78, 5) is 27.4. The molecule has 7 nitrogen and oxygen atoms in total. The lowest BCUT2D eigenvalue weighted by Crippen LogP contribution is -2.41. The number of rotatable bonds is 6. The van der Waals surface area contributed by atoms with E-state index in [1.54, 1.807) is 81.8 Å². The molecule has 0 aromatic heterocycles. The number of anilines is 3. The van der Waals surface area contributed by atoms with Gasteiger partial charge in [-0.3, -0.25) is 14.5 Å². The van der Waals surface area contributed by atoms with Crippen LogP contribution in [0.15, 0.2) is 72.8 Å². The molecule has 0 saturated carbocycles. The minimum atomic E-state index is -0.733. The molecule has 0 radical (unpaired) electrons. The van der Waals surface area contributed by atoms with Crippen LogP contribution in [-0.4, -0.2) is 26.0 Å². The molecule has 0 spiro atoms. The third-order valence-corrected chi connectivity index (χ3v) is 4.82. The van der Waals surface area contributed by atoms with Crippen LogP contribution < -0.4 is 25.4 Å². The van der Waals surface area contributed by atoms with Crippen molar-refractivity contribution in [3.8, 4) is 11.5 Å². The van der Waals surface area contributed by atoms with Crippen molar-refractivity contribution < 1.29 is 19.1 Å². The van der Waals surface area contributed by atoms with Crippen molar-refractivity contribution in [3.63, 3.8) is 0 Å². The second-order valence-corrected chi connectivity index (χ2v) is 6.88. The fourth-order valence-electron chi connectivity index (χ4n) is 3.15. The molecule has 1 unspecified atom stereocenters. The van der Waals surface area contributed by atoms with Crippen LogP contribution in [0.4, 0.5) is 17.1 Å². The molecule has 0 aliphatic heterocycles. The Morgan fingerprint density at radius 1 is 0.871 bits per heavy atom. The van der Waals surface area contributed by atoms with Crippen molar-refractivity contribution in [2.24, 2.45) is 0 Å². The molecule has 3 N–H and O–H groups in total. The van der Waals surface area contributed by atoms with Gasteiger partial charge in [0.15, 0.2) is 11.5 Å². The molecule has 160 valence electrons. The molecule has 0 heterocycles. The van der Waals surface area contributed by atoms with Gasteiger partial charge in [-0.05, 0) is 61.0 Å². The Bertz CT molecular complexity index is 1050. The van der Waals surface area contributed by atoms with Crippen molar-refractivity contribution in [1.29, 1.82) is 0 Å². The van der Waals surface area contributed by atoms with Gasteiger partial charge in [0, 0.05) is 17.1 Å². The summed E-state index contributed by atoms with van der Waals surface area (Å²) in [7, 11) is 3.09. The zero-order chi connectivity index (χ0) is 22.4. The normalized spacial score (nSPS) is 11.3. The molecule has 0 saturated heterocycles. The lowest BCUT2D eigenvalue weighted by atomic mass is 10.1. The average molecular weight is 419 g/mol. The van der Waals surface area contributed by atoms with Crippen molar-refractivity contribution in [1.82, 2.24) is 5.32 Å². The smallest absolute Gasteiger partial charge is 0.320 e. The first-order chi connectivity index (χ1) is 14.9. The number of hydrogen-bond donors (Lipinski definition) is 2. The van der Waals surface area contributed by atoms with E-state index in [-0.39, 0.29) is 0 Å². The number of nitrogens with two attached hydrogens (primary N) is 1. The second-order valence-electron chi connectivity index (χ2n) is 6.88. The number of hydrogen-bond acceptors (Lipinski definition) is 5. The number of carbonyl (C=O) groups excluding carboxylic acids is 2. The maximum absolute atomic E-state index is 13.2. The Kier molecular flexibility index (Phi) is 6.77. The van der Waals surface area contributed by atoms with Crippen LogP contribution in [0.2, 0.25) is 0 Å². The van der Waals surface area contributed by atoms with E-state index in [1.807, 2.05) is 12.1 Å². The van der Waals surface area contributed by atoms with Gasteiger partial charge in [0.1, 0.15) is 0 Å². The first-order valence-corrected chi connectivity index (χ1v) is 9.72. The van der Waals surface area contributed by atoms with Gasteiger partial charge < -0.3 is 20.5 Å². The Morgan fingerprint density at radius 3 is 2.10 bits per heavy atom. The Morgan fingerprint density at radius 2 is 1.48 bits per heavy atom. The summed E-state index contributed by atoms with van der Waals surface area (Å²) in [6, 6.07) is 20.6. The SMILES string of the molecule is COc1ccc(C(C)NC(=O)C(=O)N(c2ccccc2)c2ccc(N)cc2)cc1OC. The lowest BCUT2D eigenvalue weighted by molar-refractivity contribution is -0.137. The van der Waals surface area contributed by atoms with Gasteiger partial charge in [-0.2, -0.15) is 0 Å². The monoisotopic (exact) mass is 419 g/mol. The van der Waals surface area contributed by atoms with Crippen LogP contribution in [0, 0.1) is 0 Å². The van der Waals surface area contributed by atoms with Crippen LogP contribution in [-0.2, 0) is 9.59 Å². The van der Waals surface area contributed by atoms with E-state index in [9.17, 15) is 9.59 Å². The number of amides is 2. The minimum Gasteiger partial charge on any atom is -0.493 e. The second kappa shape index (κ2) is 9.67. The molecule has 3 rings (SSSR count). The highest BCUT2D eigenvalue weighted by Crippen LogP contribution is 2.30. The van der Waals surface area contributed by atoms with Gasteiger partial charge >= 0.3 is 11.8 Å². The topological polar surface area (TPSA) is 93.9 Å². The summed E-state index contributed by atoms with van der Waals surface area (Å²) in [6.45, 7) is 1.79. The van der Waals surface area contributed by atoms with E-state index in [1.165, 1.54) is 4.90 Å². The number of nitrogens with zero attached hydrogens (tertiary/aromatic N) is 1. The summed E-state index contributed by atoms with van der Waals surface area (Å²) >= 11 is 0. The maximum atomic E-state index is 13.2. The van der Waals surface area contributed by atoms with Crippen molar-refractivity contribution in [3.05, 3.63) is 78.4 Å². The molecule has 0 fully saturated rings. The Hall–Kier alpha value is -4.00. The molecule has 2 amide bonds. The fourth-order valence-corrected chi connectivity index (χ4v) is 3.15. The highest BCUT2D eigenvalue weighted by Gasteiger charge is 2.26. The third kappa shape index (κ3) is 4.95. The number of nitrogen functional groups attached to an aromatic ring is 1. The van der Waals surface area contributed by atoms with Crippen LogP contribution in [0.5, 0.6) is 11.5 Å². The molecule has 0 bridgehead atoms. The first-order valence-electron chi connectivity index (χ1n) is 9.72. The van der Waals surface area contributed by atoms with Gasteiger partial charge in [0.05, 0.1) is 20.3 Å². The zero-order valence-corrected chi connectivity index (χ0v) is 17.7. The minimum absolute atomic E-state index is 0.430. The number of ether oxygens (including phenoxy) is 2. The Balaban J connectivity index is 1.84. The Labute approximate surface area is 181 Å². The van der Waals surface area contributed by atoms with Crippen molar-refractivity contribution >= 4 is 28.9 Å². The fraction of sp³-hybridized carbons (Fsp3) is 0.167. The predicted octanol–water partition coefficient (Wildman–Crippen LogP) is 3.83. The maximum Gasteiger partial charge on any atom is 0.320 e. The molecule has 3 aromatic rings. The molecule has 1 atom stereocenters. The van der Waals surface area contributed by atoms with Crippen molar-refractivity contribution in [2.45, 2.75) is 13.0 Å². The molecular weight excluding hydrogens is 394 g/mol. The molecule has 0 aliphatic rings. The molecule has 3 aromatic carbocycles. The molecule has 31 heavy (non-hydrogen) atoms. The summed E-state index contributed by atoms with van der Waals surface area (Å²) in [6.07, 6.45) is 0. The van der Waals surface area contributed by atoms with Crippen LogP contribution in [0.25, 0.3) is 0 Å². The highest BCUT2D eigenvalue weighted by molar-refractivity contribution is 6.42. The molecule has 0 aliphatic carbocycles. The van der Waals surface area contributed by atoms with E-state index < -0.39 is 17.9 Å². The van der Waals surface area contributed by atoms with E-state index in [0.29, 0.717) is 28.6 Å². The summed E-state index contributed by atoms with van der Waals surface area (Å²) in [5.74, 6) is -0.314. The summed E-state index contributed by atoms with van der Waals surface area (Å²) in [5.41, 5.74) is 8.23. The van der Waals surface area contributed by atoms with Crippen molar-refractivity contribution in [2.75, 3.05) is 24.9 Å². The van der Waals surface area contributed by atoms with E-state index in [4.69, 9.17) is 15.2 Å². The number of para-hydroxylation sites is 1. The largest absolute Gasteiger partial charge is 0.493 e. The standard InChI is InChI=1S/C24H25N3O4/c1-16(17-9-14-21(30-2)22(15-17)31-3)26-23(28)24(29)27(19-7-5-4-6-8-19)20-12-10-18(25)11-13-20/h4-16H,25H2,1-3H3,(H,26,28). The van der Waals surface area contributed by atoms with Crippen LogP contribution >= 0.6 is 0 Å². The number of methoxy groups -OCH3 is 2. The van der Waals surface area contributed by atoms with Gasteiger partial charge in [-0.25, -0.2) is 0 Å². The zero-order valence-electron chi connectivity index (χ0n) is 17.7. The number of benzene rings is 3. The lowest BCUT2D eigenvalue weighted by Gasteiger charge is -2.24. The number of nitrogens with one attached hydrogen (secondary N) is 1. The van der Waals surface area contributed by atoms with E-state index in [2.05, 4.69) is 5.32 Å². The first kappa shape index (κ1) is 21.7. The average Bonchev–Trinajstić information content (AvgIpc) is 2.80.